The first-order valence-electron chi connectivity index (χ1n) is 7.44. The van der Waals surface area contributed by atoms with E-state index in [1.54, 1.807) is 12.0 Å². The Morgan fingerprint density at radius 1 is 1.18 bits per heavy atom. The molecule has 120 valence electrons. The van der Waals surface area contributed by atoms with Crippen LogP contribution in [0.5, 0.6) is 5.75 Å². The zero-order valence-electron chi connectivity index (χ0n) is 12.6. The molecule has 3 atom stereocenters. The topological polar surface area (TPSA) is 38.8 Å². The molecule has 0 spiro atoms. The maximum absolute atomic E-state index is 14.1. The number of carbonyl (C=O) groups is 1. The summed E-state index contributed by atoms with van der Waals surface area (Å²) in [6, 6.07) is 2.29. The van der Waals surface area contributed by atoms with Crippen molar-refractivity contribution in [2.75, 3.05) is 14.2 Å². The molecule has 2 saturated heterocycles. The molecule has 6 heteroatoms. The van der Waals surface area contributed by atoms with Crippen LogP contribution in [0.4, 0.5) is 8.78 Å². The predicted molar refractivity (Wildman–Crippen MR) is 75.9 cm³/mol. The first-order chi connectivity index (χ1) is 10.6. The van der Waals surface area contributed by atoms with Crippen LogP contribution in [0.1, 0.15) is 36.0 Å². The summed E-state index contributed by atoms with van der Waals surface area (Å²) in [6.45, 7) is 0. The van der Waals surface area contributed by atoms with E-state index in [0.717, 1.165) is 31.7 Å². The number of piperidine rings is 1. The van der Waals surface area contributed by atoms with Gasteiger partial charge in [0.2, 0.25) is 0 Å². The molecule has 1 unspecified atom stereocenters. The van der Waals surface area contributed by atoms with Crippen molar-refractivity contribution in [3.8, 4) is 5.75 Å². The van der Waals surface area contributed by atoms with Crippen LogP contribution in [-0.2, 0) is 4.74 Å². The fourth-order valence-electron chi connectivity index (χ4n) is 3.68. The number of benzene rings is 1. The van der Waals surface area contributed by atoms with Crippen LogP contribution < -0.4 is 4.74 Å². The van der Waals surface area contributed by atoms with Gasteiger partial charge in [0, 0.05) is 19.2 Å². The highest BCUT2D eigenvalue weighted by Crippen LogP contribution is 2.39. The molecule has 0 aliphatic carbocycles. The Balaban J connectivity index is 1.94. The highest BCUT2D eigenvalue weighted by atomic mass is 19.2. The molecule has 0 N–H and O–H groups in total. The van der Waals surface area contributed by atoms with Crippen molar-refractivity contribution >= 4 is 5.91 Å². The van der Waals surface area contributed by atoms with Crippen LogP contribution >= 0.6 is 0 Å². The summed E-state index contributed by atoms with van der Waals surface area (Å²) in [5, 5.41) is 0. The van der Waals surface area contributed by atoms with Gasteiger partial charge in [-0.25, -0.2) is 8.78 Å². The van der Waals surface area contributed by atoms with Gasteiger partial charge in [0.1, 0.15) is 11.3 Å². The van der Waals surface area contributed by atoms with E-state index >= 15 is 0 Å². The summed E-state index contributed by atoms with van der Waals surface area (Å²) in [5.41, 5.74) is -0.310. The molecule has 0 aromatic heterocycles. The van der Waals surface area contributed by atoms with Gasteiger partial charge in [-0.1, -0.05) is 0 Å². The maximum Gasteiger partial charge on any atom is 0.261 e. The summed E-state index contributed by atoms with van der Waals surface area (Å²) >= 11 is 0. The minimum absolute atomic E-state index is 0.0172. The molecule has 2 bridgehead atoms. The normalized spacial score (nSPS) is 27.1. The Hall–Kier alpha value is -1.69. The van der Waals surface area contributed by atoms with Crippen LogP contribution in [0.25, 0.3) is 0 Å². The van der Waals surface area contributed by atoms with Gasteiger partial charge in [-0.15, -0.1) is 0 Å². The molecule has 3 rings (SSSR count). The lowest BCUT2D eigenvalue weighted by Gasteiger charge is -2.38. The van der Waals surface area contributed by atoms with E-state index < -0.39 is 17.5 Å². The lowest BCUT2D eigenvalue weighted by Crippen LogP contribution is -2.48. The number of rotatable bonds is 3. The molecule has 2 aliphatic rings. The molecule has 4 nitrogen and oxygen atoms in total. The van der Waals surface area contributed by atoms with Gasteiger partial charge in [0.15, 0.2) is 11.6 Å². The lowest BCUT2D eigenvalue weighted by atomic mass is 9.98. The van der Waals surface area contributed by atoms with E-state index in [4.69, 9.17) is 9.47 Å². The first-order valence-corrected chi connectivity index (χ1v) is 7.44. The summed E-state index contributed by atoms with van der Waals surface area (Å²) in [6.07, 6.45) is 3.34. The Labute approximate surface area is 128 Å². The van der Waals surface area contributed by atoms with Crippen molar-refractivity contribution in [3.63, 3.8) is 0 Å². The number of methoxy groups -OCH3 is 2. The fraction of sp³-hybridized carbons (Fsp3) is 0.562. The third kappa shape index (κ3) is 2.35. The maximum atomic E-state index is 14.1. The van der Waals surface area contributed by atoms with Gasteiger partial charge < -0.3 is 14.4 Å². The fourth-order valence-corrected chi connectivity index (χ4v) is 3.68. The third-order valence-corrected chi connectivity index (χ3v) is 4.75. The number of hydrogen-bond acceptors (Lipinski definition) is 3. The number of halogens is 2. The predicted octanol–water partition coefficient (Wildman–Crippen LogP) is 2.76. The molecule has 22 heavy (non-hydrogen) atoms. The standard InChI is InChI=1S/C16H19F2NO3/c1-21-11-7-9-3-4-10(8-11)19(9)16(20)14-13(22-2)6-5-12(17)15(14)18/h5-6,9-11H,3-4,7-8H2,1-2H3/t9-,10+,11?. The van der Waals surface area contributed by atoms with E-state index in [1.807, 2.05) is 0 Å². The number of hydrogen-bond donors (Lipinski definition) is 0. The van der Waals surface area contributed by atoms with Gasteiger partial charge in [0.25, 0.3) is 5.91 Å². The Kier molecular flexibility index (Phi) is 4.04. The molecule has 2 aliphatic heterocycles. The molecular formula is C16H19F2NO3. The van der Waals surface area contributed by atoms with Gasteiger partial charge in [-0.05, 0) is 37.8 Å². The van der Waals surface area contributed by atoms with Crippen LogP contribution in [0.2, 0.25) is 0 Å². The monoisotopic (exact) mass is 311 g/mol. The van der Waals surface area contributed by atoms with Crippen LogP contribution in [0.3, 0.4) is 0 Å². The van der Waals surface area contributed by atoms with Gasteiger partial charge in [-0.3, -0.25) is 4.79 Å². The van der Waals surface area contributed by atoms with E-state index in [0.29, 0.717) is 0 Å². The minimum atomic E-state index is -1.14. The number of nitrogens with zero attached hydrogens (tertiary/aromatic N) is 1. The highest BCUT2D eigenvalue weighted by molar-refractivity contribution is 5.98. The second-order valence-corrected chi connectivity index (χ2v) is 5.87. The number of amides is 1. The Morgan fingerprint density at radius 3 is 2.36 bits per heavy atom. The quantitative estimate of drug-likeness (QED) is 0.861. The van der Waals surface area contributed by atoms with E-state index in [2.05, 4.69) is 0 Å². The van der Waals surface area contributed by atoms with Gasteiger partial charge in [0.05, 0.1) is 13.2 Å². The molecule has 0 saturated carbocycles. The van der Waals surface area contributed by atoms with Crippen molar-refractivity contribution in [2.45, 2.75) is 43.9 Å². The van der Waals surface area contributed by atoms with Crippen molar-refractivity contribution in [2.24, 2.45) is 0 Å². The average molecular weight is 311 g/mol. The number of fused-ring (bicyclic) bond motifs is 2. The van der Waals surface area contributed by atoms with Gasteiger partial charge in [-0.2, -0.15) is 0 Å². The van der Waals surface area contributed by atoms with Crippen LogP contribution in [0.15, 0.2) is 12.1 Å². The molecule has 2 heterocycles. The Morgan fingerprint density at radius 2 is 1.82 bits per heavy atom. The third-order valence-electron chi connectivity index (χ3n) is 4.75. The zero-order chi connectivity index (χ0) is 15.9. The molecule has 1 aromatic carbocycles. The Bertz CT molecular complexity index is 579. The molecule has 1 aromatic rings. The first kappa shape index (κ1) is 15.2. The molecular weight excluding hydrogens is 292 g/mol. The van der Waals surface area contributed by atoms with Crippen molar-refractivity contribution in [1.29, 1.82) is 0 Å². The minimum Gasteiger partial charge on any atom is -0.496 e. The molecule has 1 amide bonds. The SMILES string of the molecule is COc1ccc(F)c(F)c1C(=O)N1[C@@H]2CC[C@H]1CC(OC)C2. The second kappa shape index (κ2) is 5.83. The van der Waals surface area contributed by atoms with Crippen LogP contribution in [0, 0.1) is 11.6 Å². The smallest absolute Gasteiger partial charge is 0.261 e. The van der Waals surface area contributed by atoms with E-state index in [-0.39, 0.29) is 29.5 Å². The lowest BCUT2D eigenvalue weighted by molar-refractivity contribution is 0.00783. The average Bonchev–Trinajstić information content (AvgIpc) is 2.79. The number of carbonyl (C=O) groups excluding carboxylic acids is 1. The summed E-state index contributed by atoms with van der Waals surface area (Å²) in [5.74, 6) is -2.60. The molecule has 2 fully saturated rings. The summed E-state index contributed by atoms with van der Waals surface area (Å²) in [4.78, 5) is 14.5. The van der Waals surface area contributed by atoms with E-state index in [9.17, 15) is 13.6 Å². The summed E-state index contributed by atoms with van der Waals surface area (Å²) < 4.78 is 38.1. The van der Waals surface area contributed by atoms with Crippen molar-refractivity contribution in [3.05, 3.63) is 29.3 Å². The number of ether oxygens (including phenoxy) is 2. The summed E-state index contributed by atoms with van der Waals surface area (Å²) in [7, 11) is 3.01. The largest absolute Gasteiger partial charge is 0.496 e. The zero-order valence-corrected chi connectivity index (χ0v) is 12.6. The second-order valence-electron chi connectivity index (χ2n) is 5.87. The van der Waals surface area contributed by atoms with Crippen molar-refractivity contribution in [1.82, 2.24) is 4.90 Å². The molecule has 0 radical (unpaired) electrons. The highest BCUT2D eigenvalue weighted by Gasteiger charge is 2.44. The van der Waals surface area contributed by atoms with Gasteiger partial charge >= 0.3 is 0 Å². The van der Waals surface area contributed by atoms with Crippen LogP contribution in [-0.4, -0.2) is 43.2 Å². The van der Waals surface area contributed by atoms with E-state index in [1.165, 1.54) is 13.2 Å². The van der Waals surface area contributed by atoms with Crippen molar-refractivity contribution < 1.29 is 23.0 Å².